The molecule has 0 radical (unpaired) electrons. The van der Waals surface area contributed by atoms with Gasteiger partial charge in [-0.05, 0) is 30.4 Å². The summed E-state index contributed by atoms with van der Waals surface area (Å²) in [5, 5.41) is 18.8. The molecule has 0 saturated carbocycles. The number of hydrogen-bond acceptors (Lipinski definition) is 2. The first-order valence-electron chi connectivity index (χ1n) is 7.37. The Hall–Kier alpha value is -1.48. The van der Waals surface area contributed by atoms with E-state index in [1.807, 2.05) is 0 Å². The molecular formula is C18H26O2. The van der Waals surface area contributed by atoms with Crippen LogP contribution in [-0.4, -0.2) is 22.4 Å². The maximum absolute atomic E-state index is 9.69. The lowest BCUT2D eigenvalue weighted by molar-refractivity contribution is 0.208. The molecule has 20 heavy (non-hydrogen) atoms. The fourth-order valence-corrected chi connectivity index (χ4v) is 1.64. The summed E-state index contributed by atoms with van der Waals surface area (Å²) in [6.45, 7) is 5.61. The fraction of sp³-hybridized carbons (Fsp3) is 0.556. The minimum absolute atomic E-state index is 0.429. The maximum atomic E-state index is 9.69. The van der Waals surface area contributed by atoms with Gasteiger partial charge in [-0.25, -0.2) is 0 Å². The van der Waals surface area contributed by atoms with Gasteiger partial charge in [-0.2, -0.15) is 0 Å². The van der Waals surface area contributed by atoms with E-state index in [2.05, 4.69) is 37.2 Å². The Morgan fingerprint density at radius 2 is 1.75 bits per heavy atom. The number of rotatable bonds is 9. The third-order valence-corrected chi connectivity index (χ3v) is 2.83. The van der Waals surface area contributed by atoms with Gasteiger partial charge in [-0.15, -0.1) is 0 Å². The third kappa shape index (κ3) is 13.0. The second-order valence-corrected chi connectivity index (χ2v) is 4.70. The predicted octanol–water partition coefficient (Wildman–Crippen LogP) is 3.21. The lowest BCUT2D eigenvalue weighted by Crippen LogP contribution is -2.01. The summed E-state index contributed by atoms with van der Waals surface area (Å²) in [6, 6.07) is 0. The van der Waals surface area contributed by atoms with E-state index in [0.717, 1.165) is 12.8 Å². The normalized spacial score (nSPS) is 12.9. The van der Waals surface area contributed by atoms with Crippen LogP contribution in [0, 0.1) is 23.7 Å². The molecule has 0 aliphatic carbocycles. The molecular weight excluding hydrogens is 248 g/mol. The smallest absolute Gasteiger partial charge is 0.134 e. The molecule has 2 atom stereocenters. The van der Waals surface area contributed by atoms with Crippen molar-refractivity contribution in [1.82, 2.24) is 0 Å². The van der Waals surface area contributed by atoms with Crippen molar-refractivity contribution >= 4 is 0 Å². The van der Waals surface area contributed by atoms with Crippen molar-refractivity contribution in [3.8, 4) is 23.7 Å². The molecule has 0 amide bonds. The lowest BCUT2D eigenvalue weighted by Gasteiger charge is -2.04. The SMILES string of the molecule is C=C[C@@H](O)C#CC#CC=C[C@H](O)CCCCCCCC. The maximum Gasteiger partial charge on any atom is 0.134 e. The van der Waals surface area contributed by atoms with Gasteiger partial charge in [-0.3, -0.25) is 0 Å². The van der Waals surface area contributed by atoms with Crippen molar-refractivity contribution in [3.05, 3.63) is 24.8 Å². The second kappa shape index (κ2) is 13.9. The van der Waals surface area contributed by atoms with Crippen molar-refractivity contribution in [1.29, 1.82) is 0 Å². The zero-order valence-corrected chi connectivity index (χ0v) is 12.4. The van der Waals surface area contributed by atoms with Crippen LogP contribution in [-0.2, 0) is 0 Å². The lowest BCUT2D eigenvalue weighted by atomic mass is 10.1. The van der Waals surface area contributed by atoms with Crippen LogP contribution < -0.4 is 0 Å². The molecule has 0 saturated heterocycles. The topological polar surface area (TPSA) is 40.5 Å². The van der Waals surface area contributed by atoms with Gasteiger partial charge in [-0.1, -0.05) is 69.9 Å². The van der Waals surface area contributed by atoms with Crippen LogP contribution in [0.5, 0.6) is 0 Å². The first kappa shape index (κ1) is 18.5. The summed E-state index contributed by atoms with van der Waals surface area (Å²) in [6.07, 6.45) is 11.5. The van der Waals surface area contributed by atoms with Crippen LogP contribution in [0.3, 0.4) is 0 Å². The van der Waals surface area contributed by atoms with Crippen molar-refractivity contribution < 1.29 is 10.2 Å². The van der Waals surface area contributed by atoms with E-state index >= 15 is 0 Å². The van der Waals surface area contributed by atoms with Gasteiger partial charge in [0.1, 0.15) is 6.10 Å². The van der Waals surface area contributed by atoms with Gasteiger partial charge in [0, 0.05) is 0 Å². The molecule has 0 aliphatic rings. The van der Waals surface area contributed by atoms with Crippen LogP contribution in [0.1, 0.15) is 51.9 Å². The molecule has 0 aromatic heterocycles. The summed E-state index contributed by atoms with van der Waals surface area (Å²) in [7, 11) is 0. The standard InChI is InChI=1S/C18H26O2/c1-3-5-6-7-8-12-15-18(20)16-13-10-9-11-14-17(19)4-2/h4,13,16-20H,2-3,5-8,12,15H2,1H3/t17-,18-/m1/s1. The van der Waals surface area contributed by atoms with E-state index in [9.17, 15) is 5.11 Å². The molecule has 0 aliphatic heterocycles. The number of aliphatic hydroxyl groups excluding tert-OH is 2. The van der Waals surface area contributed by atoms with Gasteiger partial charge in [0.05, 0.1) is 6.10 Å². The van der Waals surface area contributed by atoms with E-state index in [-0.39, 0.29) is 0 Å². The summed E-state index contributed by atoms with van der Waals surface area (Å²) in [5.74, 6) is 10.3. The Kier molecular flexibility index (Phi) is 12.9. The van der Waals surface area contributed by atoms with Crippen LogP contribution in [0.15, 0.2) is 24.8 Å². The van der Waals surface area contributed by atoms with E-state index in [4.69, 9.17) is 5.11 Å². The fourth-order valence-electron chi connectivity index (χ4n) is 1.64. The molecule has 2 N–H and O–H groups in total. The van der Waals surface area contributed by atoms with Crippen LogP contribution >= 0.6 is 0 Å². The third-order valence-electron chi connectivity index (χ3n) is 2.83. The minimum Gasteiger partial charge on any atom is -0.389 e. The average Bonchev–Trinajstić information content (AvgIpc) is 2.46. The minimum atomic E-state index is -0.827. The first-order chi connectivity index (χ1) is 9.70. The molecule has 0 aromatic rings. The zero-order chi connectivity index (χ0) is 15.1. The Morgan fingerprint density at radius 3 is 2.45 bits per heavy atom. The molecule has 2 nitrogen and oxygen atoms in total. The van der Waals surface area contributed by atoms with Gasteiger partial charge in [0.25, 0.3) is 0 Å². The highest BCUT2D eigenvalue weighted by Crippen LogP contribution is 2.08. The van der Waals surface area contributed by atoms with Crippen molar-refractivity contribution in [2.24, 2.45) is 0 Å². The van der Waals surface area contributed by atoms with E-state index in [0.29, 0.717) is 0 Å². The van der Waals surface area contributed by atoms with Crippen LogP contribution in [0.2, 0.25) is 0 Å². The molecule has 0 aromatic carbocycles. The zero-order valence-electron chi connectivity index (χ0n) is 12.4. The summed E-state index contributed by atoms with van der Waals surface area (Å²) in [4.78, 5) is 0. The monoisotopic (exact) mass is 274 g/mol. The summed E-state index contributed by atoms with van der Waals surface area (Å²) in [5.41, 5.74) is 0. The molecule has 0 fully saturated rings. The molecule has 0 heterocycles. The molecule has 2 heteroatoms. The number of unbranched alkanes of at least 4 members (excludes halogenated alkanes) is 5. The molecule has 110 valence electrons. The van der Waals surface area contributed by atoms with E-state index in [1.54, 1.807) is 12.2 Å². The highest BCUT2D eigenvalue weighted by atomic mass is 16.3. The predicted molar refractivity (Wildman–Crippen MR) is 84.9 cm³/mol. The van der Waals surface area contributed by atoms with Crippen molar-refractivity contribution in [2.45, 2.75) is 64.1 Å². The highest BCUT2D eigenvalue weighted by molar-refractivity contribution is 5.32. The van der Waals surface area contributed by atoms with Gasteiger partial charge in [0.2, 0.25) is 0 Å². The Morgan fingerprint density at radius 1 is 1.05 bits per heavy atom. The highest BCUT2D eigenvalue weighted by Gasteiger charge is 1.97. The van der Waals surface area contributed by atoms with Crippen molar-refractivity contribution in [2.75, 3.05) is 0 Å². The quantitative estimate of drug-likeness (QED) is 0.385. The number of aliphatic hydroxyl groups is 2. The Bertz CT molecular complexity index is 387. The Balaban J connectivity index is 3.72. The Labute approximate surface area is 123 Å². The molecule has 0 spiro atoms. The number of allylic oxidation sites excluding steroid dienone is 1. The average molecular weight is 274 g/mol. The van der Waals surface area contributed by atoms with E-state index < -0.39 is 12.2 Å². The van der Waals surface area contributed by atoms with Gasteiger partial charge < -0.3 is 10.2 Å². The summed E-state index contributed by atoms with van der Waals surface area (Å²) >= 11 is 0. The van der Waals surface area contributed by atoms with Gasteiger partial charge >= 0.3 is 0 Å². The van der Waals surface area contributed by atoms with Crippen LogP contribution in [0.25, 0.3) is 0 Å². The largest absolute Gasteiger partial charge is 0.389 e. The first-order valence-corrected chi connectivity index (χ1v) is 7.37. The number of hydrogen-bond donors (Lipinski definition) is 2. The summed E-state index contributed by atoms with van der Waals surface area (Å²) < 4.78 is 0. The molecule has 0 rings (SSSR count). The second-order valence-electron chi connectivity index (χ2n) is 4.70. The van der Waals surface area contributed by atoms with Crippen LogP contribution in [0.4, 0.5) is 0 Å². The van der Waals surface area contributed by atoms with E-state index in [1.165, 1.54) is 38.2 Å². The van der Waals surface area contributed by atoms with Crippen molar-refractivity contribution in [3.63, 3.8) is 0 Å². The molecule has 0 unspecified atom stereocenters. The molecule has 0 bridgehead atoms. The van der Waals surface area contributed by atoms with Gasteiger partial charge in [0.15, 0.2) is 0 Å².